The van der Waals surface area contributed by atoms with Gasteiger partial charge in [-0.05, 0) is 19.4 Å². The van der Waals surface area contributed by atoms with E-state index in [0.717, 1.165) is 37.4 Å². The molecular formula is C13H15N5. The minimum atomic E-state index is 0.405. The number of aryl methyl sites for hydroxylation is 1. The number of rotatable bonds is 1. The number of nitrogens with zero attached hydrogens (tertiary/aromatic N) is 4. The fraction of sp³-hybridized carbons (Fsp3) is 0.462. The average molecular weight is 241 g/mol. The highest BCUT2D eigenvalue weighted by atomic mass is 15.2. The molecule has 0 spiro atoms. The van der Waals surface area contributed by atoms with E-state index in [9.17, 15) is 10.5 Å². The van der Waals surface area contributed by atoms with Gasteiger partial charge < -0.3 is 10.2 Å². The fourth-order valence-electron chi connectivity index (χ4n) is 2.13. The molecule has 1 saturated heterocycles. The van der Waals surface area contributed by atoms with Crippen LogP contribution in [0.1, 0.15) is 22.4 Å². The first-order valence-corrected chi connectivity index (χ1v) is 5.96. The second-order valence-electron chi connectivity index (χ2n) is 4.36. The molecule has 2 heterocycles. The smallest absolute Gasteiger partial charge is 0.148 e. The number of hydrogen-bond donors (Lipinski definition) is 1. The van der Waals surface area contributed by atoms with Gasteiger partial charge in [-0.3, -0.25) is 0 Å². The van der Waals surface area contributed by atoms with E-state index >= 15 is 0 Å². The van der Waals surface area contributed by atoms with Gasteiger partial charge in [0.15, 0.2) is 0 Å². The number of anilines is 1. The molecule has 2 rings (SSSR count). The molecule has 5 nitrogen and oxygen atoms in total. The standard InChI is InChI=1S/C13H15N5/c1-9-10(2)17-13(12(8-15)11(9)7-14)18-5-3-16-4-6-18/h16H,3-6H2,1-2H3. The maximum Gasteiger partial charge on any atom is 0.148 e. The summed E-state index contributed by atoms with van der Waals surface area (Å²) in [6.45, 7) is 7.10. The van der Waals surface area contributed by atoms with Crippen LogP contribution in [0.15, 0.2) is 0 Å². The molecule has 0 atom stereocenters. The third-order valence-electron chi connectivity index (χ3n) is 3.31. The number of aromatic nitrogens is 1. The van der Waals surface area contributed by atoms with Crippen molar-refractivity contribution in [2.75, 3.05) is 31.1 Å². The summed E-state index contributed by atoms with van der Waals surface area (Å²) >= 11 is 0. The van der Waals surface area contributed by atoms with Gasteiger partial charge in [-0.25, -0.2) is 4.98 Å². The Balaban J connectivity index is 2.57. The first-order valence-electron chi connectivity index (χ1n) is 5.96. The second kappa shape index (κ2) is 5.03. The Morgan fingerprint density at radius 3 is 2.28 bits per heavy atom. The molecule has 0 unspecified atom stereocenters. The van der Waals surface area contributed by atoms with Crippen LogP contribution in [0.25, 0.3) is 0 Å². The Hall–Kier alpha value is -2.11. The van der Waals surface area contributed by atoms with E-state index < -0.39 is 0 Å². The van der Waals surface area contributed by atoms with Crippen LogP contribution >= 0.6 is 0 Å². The number of nitrogens with one attached hydrogen (secondary N) is 1. The molecule has 1 aromatic rings. The van der Waals surface area contributed by atoms with E-state index in [4.69, 9.17) is 0 Å². The van der Waals surface area contributed by atoms with E-state index in [2.05, 4.69) is 27.3 Å². The van der Waals surface area contributed by atoms with Crippen molar-refractivity contribution < 1.29 is 0 Å². The summed E-state index contributed by atoms with van der Waals surface area (Å²) in [4.78, 5) is 6.57. The van der Waals surface area contributed by atoms with E-state index in [0.29, 0.717) is 16.9 Å². The van der Waals surface area contributed by atoms with Crippen LogP contribution in [0, 0.1) is 36.5 Å². The maximum atomic E-state index is 9.29. The van der Waals surface area contributed by atoms with E-state index in [1.807, 2.05) is 13.8 Å². The van der Waals surface area contributed by atoms with E-state index in [1.54, 1.807) is 0 Å². The summed E-state index contributed by atoms with van der Waals surface area (Å²) in [5, 5.41) is 21.8. The van der Waals surface area contributed by atoms with Crippen molar-refractivity contribution in [2.24, 2.45) is 0 Å². The molecule has 0 aromatic carbocycles. The third kappa shape index (κ3) is 2.01. The second-order valence-corrected chi connectivity index (χ2v) is 4.36. The highest BCUT2D eigenvalue weighted by Crippen LogP contribution is 2.25. The summed E-state index contributed by atoms with van der Waals surface area (Å²) in [6.07, 6.45) is 0. The normalized spacial score (nSPS) is 15.0. The molecule has 5 heteroatoms. The minimum Gasteiger partial charge on any atom is -0.353 e. The van der Waals surface area contributed by atoms with Gasteiger partial charge in [0, 0.05) is 31.9 Å². The molecule has 1 aromatic heterocycles. The molecule has 0 radical (unpaired) electrons. The van der Waals surface area contributed by atoms with Gasteiger partial charge in [-0.2, -0.15) is 10.5 Å². The van der Waals surface area contributed by atoms with Crippen molar-refractivity contribution in [1.82, 2.24) is 10.3 Å². The molecule has 18 heavy (non-hydrogen) atoms. The number of pyridine rings is 1. The molecule has 1 aliphatic heterocycles. The highest BCUT2D eigenvalue weighted by molar-refractivity contribution is 5.64. The topological polar surface area (TPSA) is 75.7 Å². The summed E-state index contributed by atoms with van der Waals surface area (Å²) in [5.74, 6) is 0.652. The first kappa shape index (κ1) is 12.3. The zero-order valence-electron chi connectivity index (χ0n) is 10.6. The van der Waals surface area contributed by atoms with Crippen LogP contribution in [0.2, 0.25) is 0 Å². The van der Waals surface area contributed by atoms with Crippen molar-refractivity contribution in [3.8, 4) is 12.1 Å². The molecule has 92 valence electrons. The summed E-state index contributed by atoms with van der Waals surface area (Å²) in [7, 11) is 0. The van der Waals surface area contributed by atoms with Gasteiger partial charge in [-0.1, -0.05) is 0 Å². The lowest BCUT2D eigenvalue weighted by Crippen LogP contribution is -2.44. The van der Waals surface area contributed by atoms with Crippen LogP contribution in [0.4, 0.5) is 5.82 Å². The molecule has 1 N–H and O–H groups in total. The van der Waals surface area contributed by atoms with Crippen LogP contribution in [-0.2, 0) is 0 Å². The largest absolute Gasteiger partial charge is 0.353 e. The Labute approximate surface area is 107 Å². The number of nitriles is 2. The van der Waals surface area contributed by atoms with Gasteiger partial charge in [0.05, 0.1) is 5.56 Å². The van der Waals surface area contributed by atoms with E-state index in [-0.39, 0.29) is 0 Å². The zero-order chi connectivity index (χ0) is 13.1. The zero-order valence-corrected chi connectivity index (χ0v) is 10.6. The monoisotopic (exact) mass is 241 g/mol. The molecule has 0 aliphatic carbocycles. The molecule has 0 bridgehead atoms. The van der Waals surface area contributed by atoms with Crippen LogP contribution in [0.5, 0.6) is 0 Å². The summed E-state index contributed by atoms with van der Waals surface area (Å²) < 4.78 is 0. The summed E-state index contributed by atoms with van der Waals surface area (Å²) in [6, 6.07) is 4.26. The molecule has 1 fully saturated rings. The first-order chi connectivity index (χ1) is 8.69. The maximum absolute atomic E-state index is 9.29. The van der Waals surface area contributed by atoms with Crippen molar-refractivity contribution in [3.05, 3.63) is 22.4 Å². The van der Waals surface area contributed by atoms with Crippen LogP contribution < -0.4 is 10.2 Å². The average Bonchev–Trinajstić information content (AvgIpc) is 2.42. The lowest BCUT2D eigenvalue weighted by atomic mass is 10.0. The van der Waals surface area contributed by atoms with Gasteiger partial charge in [0.2, 0.25) is 0 Å². The van der Waals surface area contributed by atoms with Gasteiger partial charge in [-0.15, -0.1) is 0 Å². The Morgan fingerprint density at radius 1 is 1.11 bits per heavy atom. The van der Waals surface area contributed by atoms with Gasteiger partial charge >= 0.3 is 0 Å². The van der Waals surface area contributed by atoms with Crippen molar-refractivity contribution in [1.29, 1.82) is 10.5 Å². The third-order valence-corrected chi connectivity index (χ3v) is 3.31. The lowest BCUT2D eigenvalue weighted by molar-refractivity contribution is 0.584. The predicted molar refractivity (Wildman–Crippen MR) is 68.2 cm³/mol. The van der Waals surface area contributed by atoms with Gasteiger partial charge in [0.25, 0.3) is 0 Å². The Bertz CT molecular complexity index is 544. The van der Waals surface area contributed by atoms with Crippen molar-refractivity contribution in [2.45, 2.75) is 13.8 Å². The number of piperazine rings is 1. The van der Waals surface area contributed by atoms with Gasteiger partial charge in [0.1, 0.15) is 23.5 Å². The molecular weight excluding hydrogens is 226 g/mol. The van der Waals surface area contributed by atoms with Crippen molar-refractivity contribution >= 4 is 5.82 Å². The molecule has 1 aliphatic rings. The molecule has 0 saturated carbocycles. The Kier molecular flexibility index (Phi) is 3.45. The number of hydrogen-bond acceptors (Lipinski definition) is 5. The highest BCUT2D eigenvalue weighted by Gasteiger charge is 2.21. The quantitative estimate of drug-likeness (QED) is 0.789. The van der Waals surface area contributed by atoms with Crippen molar-refractivity contribution in [3.63, 3.8) is 0 Å². The van der Waals surface area contributed by atoms with Crippen LogP contribution in [0.3, 0.4) is 0 Å². The van der Waals surface area contributed by atoms with E-state index in [1.165, 1.54) is 0 Å². The summed E-state index contributed by atoms with van der Waals surface area (Å²) in [5.41, 5.74) is 2.48. The predicted octanol–water partition coefficient (Wildman–Crippen LogP) is 0.851. The Morgan fingerprint density at radius 2 is 1.72 bits per heavy atom. The SMILES string of the molecule is Cc1nc(N2CCNCC2)c(C#N)c(C#N)c1C. The molecule has 0 amide bonds. The fourth-order valence-corrected chi connectivity index (χ4v) is 2.13. The minimum absolute atomic E-state index is 0.405. The van der Waals surface area contributed by atoms with Crippen LogP contribution in [-0.4, -0.2) is 31.2 Å². The lowest BCUT2D eigenvalue weighted by Gasteiger charge is -2.29.